The summed E-state index contributed by atoms with van der Waals surface area (Å²) >= 11 is 6.02. The topological polar surface area (TPSA) is 50.5 Å². The zero-order valence-electron chi connectivity index (χ0n) is 14.9. The highest BCUT2D eigenvalue weighted by atomic mass is 35.5. The average molecular weight is 391 g/mol. The number of aromatic nitrogens is 2. The van der Waals surface area contributed by atoms with E-state index < -0.39 is 0 Å². The molecule has 138 valence electrons. The van der Waals surface area contributed by atoms with Gasteiger partial charge >= 0.3 is 5.95 Å². The quantitative estimate of drug-likeness (QED) is 0.408. The van der Waals surface area contributed by atoms with Crippen LogP contribution in [0.2, 0.25) is 5.02 Å². The van der Waals surface area contributed by atoms with Crippen LogP contribution < -0.4 is 14.0 Å². The number of hydrogen-bond acceptors (Lipinski definition) is 3. The number of aromatic amines is 1. The summed E-state index contributed by atoms with van der Waals surface area (Å²) in [6, 6.07) is 21.8. The van der Waals surface area contributed by atoms with Crippen molar-refractivity contribution >= 4 is 34.8 Å². The Bertz CT molecular complexity index is 1180. The highest BCUT2D eigenvalue weighted by Gasteiger charge is 2.18. The number of hydrogen-bond donors (Lipinski definition) is 1. The monoisotopic (exact) mass is 390 g/mol. The molecule has 5 rings (SSSR count). The molecule has 0 unspecified atom stereocenters. The minimum Gasteiger partial charge on any atom is -0.454 e. The fourth-order valence-electron chi connectivity index (χ4n) is 3.28. The molecule has 28 heavy (non-hydrogen) atoms. The van der Waals surface area contributed by atoms with Crippen molar-refractivity contribution in [1.82, 2.24) is 4.98 Å². The molecule has 2 heterocycles. The predicted molar refractivity (Wildman–Crippen MR) is 109 cm³/mol. The van der Waals surface area contributed by atoms with E-state index in [1.165, 1.54) is 0 Å². The van der Waals surface area contributed by atoms with E-state index in [-0.39, 0.29) is 6.79 Å². The maximum Gasteiger partial charge on any atom is 0.397 e. The van der Waals surface area contributed by atoms with Crippen molar-refractivity contribution in [2.45, 2.75) is 6.54 Å². The normalized spacial score (nSPS) is 12.9. The van der Waals surface area contributed by atoms with Gasteiger partial charge in [0.15, 0.2) is 11.5 Å². The smallest absolute Gasteiger partial charge is 0.397 e. The van der Waals surface area contributed by atoms with Crippen LogP contribution >= 0.6 is 11.6 Å². The van der Waals surface area contributed by atoms with E-state index in [2.05, 4.69) is 15.6 Å². The lowest BCUT2D eigenvalue weighted by Crippen LogP contribution is -2.33. The van der Waals surface area contributed by atoms with E-state index >= 15 is 0 Å². The standard InChI is InChI=1S/C22H16ClN3O2/c23-17-8-5-15(6-9-17)13-26-19-4-2-1-3-18(19)25-22(26)24-12-16-7-10-20-21(11-16)28-14-27-20/h1-12H,13-14H2/p+1. The molecule has 1 N–H and O–H groups in total. The summed E-state index contributed by atoms with van der Waals surface area (Å²) in [7, 11) is 0. The first kappa shape index (κ1) is 16.8. The molecule has 5 nitrogen and oxygen atoms in total. The van der Waals surface area contributed by atoms with Crippen LogP contribution in [-0.4, -0.2) is 18.0 Å². The number of nitrogens with zero attached hydrogens (tertiary/aromatic N) is 2. The largest absolute Gasteiger partial charge is 0.454 e. The Morgan fingerprint density at radius 2 is 1.82 bits per heavy atom. The van der Waals surface area contributed by atoms with Gasteiger partial charge in [-0.05, 0) is 48.0 Å². The SMILES string of the molecule is Clc1ccc(C[n+]2c(N=Cc3ccc4c(c3)OCO4)[nH]c3ccccc32)cc1. The van der Waals surface area contributed by atoms with Gasteiger partial charge < -0.3 is 9.47 Å². The van der Waals surface area contributed by atoms with E-state index in [4.69, 9.17) is 26.1 Å². The number of aliphatic imine (C=N–C) groups is 1. The molecule has 1 aliphatic rings. The average Bonchev–Trinajstić information content (AvgIpc) is 3.32. The molecule has 4 aromatic rings. The summed E-state index contributed by atoms with van der Waals surface area (Å²) in [5, 5.41) is 0.730. The molecule has 1 aromatic heterocycles. The lowest BCUT2D eigenvalue weighted by molar-refractivity contribution is -0.648. The molecule has 0 saturated heterocycles. The maximum atomic E-state index is 6.02. The number of imidazole rings is 1. The lowest BCUT2D eigenvalue weighted by atomic mass is 10.2. The van der Waals surface area contributed by atoms with Crippen LogP contribution in [0.25, 0.3) is 11.0 Å². The first-order valence-corrected chi connectivity index (χ1v) is 9.33. The van der Waals surface area contributed by atoms with Crippen LogP contribution in [0, 0.1) is 0 Å². The molecule has 0 aliphatic carbocycles. The molecule has 0 spiro atoms. The second-order valence-electron chi connectivity index (χ2n) is 6.55. The molecule has 3 aromatic carbocycles. The van der Waals surface area contributed by atoms with Crippen LogP contribution in [0.1, 0.15) is 11.1 Å². The van der Waals surface area contributed by atoms with Crippen LogP contribution in [0.15, 0.2) is 71.7 Å². The number of H-pyrrole nitrogens is 1. The van der Waals surface area contributed by atoms with E-state index in [1.54, 1.807) is 0 Å². The molecule has 0 fully saturated rings. The fourth-order valence-corrected chi connectivity index (χ4v) is 3.41. The Kier molecular flexibility index (Phi) is 4.22. The first-order chi connectivity index (χ1) is 13.8. The molecule has 0 atom stereocenters. The third-order valence-electron chi connectivity index (χ3n) is 4.68. The van der Waals surface area contributed by atoms with Gasteiger partial charge in [-0.1, -0.05) is 40.9 Å². The third kappa shape index (κ3) is 3.21. The molecule has 0 amide bonds. The van der Waals surface area contributed by atoms with Crippen molar-refractivity contribution in [2.24, 2.45) is 4.99 Å². The predicted octanol–water partition coefficient (Wildman–Crippen LogP) is 4.64. The Balaban J connectivity index is 1.52. The van der Waals surface area contributed by atoms with Crippen molar-refractivity contribution < 1.29 is 14.0 Å². The number of halogens is 1. The van der Waals surface area contributed by atoms with Gasteiger partial charge in [-0.25, -0.2) is 9.55 Å². The van der Waals surface area contributed by atoms with E-state index in [9.17, 15) is 0 Å². The number of nitrogens with one attached hydrogen (secondary N) is 1. The Morgan fingerprint density at radius 1 is 1.00 bits per heavy atom. The Morgan fingerprint density at radius 3 is 2.71 bits per heavy atom. The minimum absolute atomic E-state index is 0.263. The zero-order valence-corrected chi connectivity index (χ0v) is 15.7. The zero-order chi connectivity index (χ0) is 18.9. The highest BCUT2D eigenvalue weighted by molar-refractivity contribution is 6.30. The van der Waals surface area contributed by atoms with Gasteiger partial charge in [0.05, 0.1) is 6.54 Å². The molecule has 0 saturated carbocycles. The number of para-hydroxylation sites is 2. The fraction of sp³-hybridized carbons (Fsp3) is 0.0909. The Hall–Kier alpha value is -3.31. The van der Waals surface area contributed by atoms with E-state index in [0.29, 0.717) is 6.54 Å². The number of rotatable bonds is 4. The number of benzene rings is 3. The van der Waals surface area contributed by atoms with Crippen LogP contribution in [-0.2, 0) is 6.54 Å². The molecule has 0 radical (unpaired) electrons. The van der Waals surface area contributed by atoms with Crippen molar-refractivity contribution in [3.8, 4) is 11.5 Å². The summed E-state index contributed by atoms with van der Waals surface area (Å²) < 4.78 is 13.0. The lowest BCUT2D eigenvalue weighted by Gasteiger charge is -2.02. The van der Waals surface area contributed by atoms with Crippen molar-refractivity contribution in [3.05, 3.63) is 82.9 Å². The third-order valence-corrected chi connectivity index (χ3v) is 4.94. The van der Waals surface area contributed by atoms with Gasteiger partial charge in [0.1, 0.15) is 17.2 Å². The summed E-state index contributed by atoms with van der Waals surface area (Å²) in [6.07, 6.45) is 1.82. The Labute approximate surface area is 166 Å². The van der Waals surface area contributed by atoms with Gasteiger partial charge in [-0.2, -0.15) is 0 Å². The summed E-state index contributed by atoms with van der Waals surface area (Å²) in [4.78, 5) is 8.11. The second kappa shape index (κ2) is 7.02. The van der Waals surface area contributed by atoms with Crippen LogP contribution in [0.4, 0.5) is 5.95 Å². The van der Waals surface area contributed by atoms with Gasteiger partial charge in [-0.3, -0.25) is 0 Å². The first-order valence-electron chi connectivity index (χ1n) is 8.95. The number of fused-ring (bicyclic) bond motifs is 2. The molecular formula is C22H17ClN3O2+. The van der Waals surface area contributed by atoms with E-state index in [1.807, 2.05) is 66.9 Å². The van der Waals surface area contributed by atoms with E-state index in [0.717, 1.165) is 44.6 Å². The molecule has 0 bridgehead atoms. The van der Waals surface area contributed by atoms with Crippen molar-refractivity contribution in [2.75, 3.05) is 6.79 Å². The summed E-state index contributed by atoms with van der Waals surface area (Å²) in [5.74, 6) is 2.28. The minimum atomic E-state index is 0.263. The van der Waals surface area contributed by atoms with Crippen molar-refractivity contribution in [1.29, 1.82) is 0 Å². The van der Waals surface area contributed by atoms with Gasteiger partial charge in [0, 0.05) is 10.6 Å². The van der Waals surface area contributed by atoms with Crippen molar-refractivity contribution in [3.63, 3.8) is 0 Å². The number of ether oxygens (including phenoxy) is 2. The van der Waals surface area contributed by atoms with Crippen LogP contribution in [0.3, 0.4) is 0 Å². The molecule has 1 aliphatic heterocycles. The molecule has 6 heteroatoms. The van der Waals surface area contributed by atoms with Gasteiger partial charge in [0.2, 0.25) is 6.79 Å². The molecular weight excluding hydrogens is 374 g/mol. The summed E-state index contributed by atoms with van der Waals surface area (Å²) in [6.45, 7) is 0.952. The second-order valence-corrected chi connectivity index (χ2v) is 6.99. The summed E-state index contributed by atoms with van der Waals surface area (Å²) in [5.41, 5.74) is 4.23. The van der Waals surface area contributed by atoms with Crippen LogP contribution in [0.5, 0.6) is 11.5 Å². The van der Waals surface area contributed by atoms with Gasteiger partial charge in [-0.15, -0.1) is 0 Å². The maximum absolute atomic E-state index is 6.02. The van der Waals surface area contributed by atoms with Gasteiger partial charge in [0.25, 0.3) is 0 Å². The highest BCUT2D eigenvalue weighted by Crippen LogP contribution is 2.32.